The van der Waals surface area contributed by atoms with Crippen molar-refractivity contribution in [3.63, 3.8) is 0 Å². The Morgan fingerprint density at radius 1 is 1.50 bits per heavy atom. The highest BCUT2D eigenvalue weighted by Crippen LogP contribution is 2.33. The van der Waals surface area contributed by atoms with Crippen LogP contribution in [0.25, 0.3) is 0 Å². The summed E-state index contributed by atoms with van der Waals surface area (Å²) in [5.74, 6) is 0.147. The van der Waals surface area contributed by atoms with Gasteiger partial charge in [0.15, 0.2) is 0 Å². The van der Waals surface area contributed by atoms with Crippen molar-refractivity contribution in [2.75, 3.05) is 12.4 Å². The summed E-state index contributed by atoms with van der Waals surface area (Å²) in [4.78, 5) is 22.5. The summed E-state index contributed by atoms with van der Waals surface area (Å²) in [5.41, 5.74) is -0.111. The Balaban J connectivity index is 3.30. The van der Waals surface area contributed by atoms with Crippen molar-refractivity contribution < 1.29 is 14.5 Å². The standard InChI is InChI=1S/C11H12ClNO4S/c1-3-17-11(14)7-5-9(13(15)16)8(12)6-10(7)18-4-2/h5-6H,3-4H2,1-2H3. The zero-order valence-corrected chi connectivity index (χ0v) is 11.5. The first-order valence-corrected chi connectivity index (χ1v) is 6.65. The number of carbonyl (C=O) groups is 1. The largest absolute Gasteiger partial charge is 0.462 e. The Morgan fingerprint density at radius 2 is 2.17 bits per heavy atom. The zero-order chi connectivity index (χ0) is 13.7. The van der Waals surface area contributed by atoms with E-state index < -0.39 is 10.9 Å². The SMILES string of the molecule is CCOC(=O)c1cc([N+](=O)[O-])c(Cl)cc1SCC. The van der Waals surface area contributed by atoms with Gasteiger partial charge < -0.3 is 4.74 Å². The number of hydrogen-bond acceptors (Lipinski definition) is 5. The van der Waals surface area contributed by atoms with E-state index in [-0.39, 0.29) is 22.9 Å². The lowest BCUT2D eigenvalue weighted by Crippen LogP contribution is -2.07. The van der Waals surface area contributed by atoms with Crippen LogP contribution in [0.3, 0.4) is 0 Å². The molecule has 0 heterocycles. The van der Waals surface area contributed by atoms with Crippen LogP contribution in [0, 0.1) is 10.1 Å². The molecule has 18 heavy (non-hydrogen) atoms. The third kappa shape index (κ3) is 3.36. The van der Waals surface area contributed by atoms with Gasteiger partial charge in [-0.1, -0.05) is 18.5 Å². The second kappa shape index (κ2) is 6.61. The minimum Gasteiger partial charge on any atom is -0.462 e. The topological polar surface area (TPSA) is 69.4 Å². The van der Waals surface area contributed by atoms with Gasteiger partial charge in [0, 0.05) is 11.0 Å². The molecule has 5 nitrogen and oxygen atoms in total. The number of thioether (sulfide) groups is 1. The van der Waals surface area contributed by atoms with Crippen LogP contribution in [0.5, 0.6) is 0 Å². The monoisotopic (exact) mass is 289 g/mol. The Hall–Kier alpha value is -1.27. The van der Waals surface area contributed by atoms with Gasteiger partial charge in [0.2, 0.25) is 0 Å². The lowest BCUT2D eigenvalue weighted by Gasteiger charge is -2.08. The van der Waals surface area contributed by atoms with Crippen molar-refractivity contribution in [2.24, 2.45) is 0 Å². The van der Waals surface area contributed by atoms with E-state index in [0.29, 0.717) is 4.90 Å². The first-order chi connectivity index (χ1) is 8.51. The highest BCUT2D eigenvalue weighted by Gasteiger charge is 2.21. The van der Waals surface area contributed by atoms with Gasteiger partial charge in [-0.3, -0.25) is 10.1 Å². The van der Waals surface area contributed by atoms with Crippen LogP contribution < -0.4 is 0 Å². The number of halogens is 1. The molecule has 0 aliphatic carbocycles. The molecule has 98 valence electrons. The second-order valence-corrected chi connectivity index (χ2v) is 4.92. The maximum atomic E-state index is 11.7. The molecule has 0 saturated carbocycles. The van der Waals surface area contributed by atoms with Gasteiger partial charge in [0.1, 0.15) is 5.02 Å². The average Bonchev–Trinajstić information content (AvgIpc) is 2.29. The molecule has 1 rings (SSSR count). The quantitative estimate of drug-likeness (QED) is 0.359. The van der Waals surface area contributed by atoms with Gasteiger partial charge in [-0.15, -0.1) is 11.8 Å². The molecule has 0 saturated heterocycles. The Labute approximate surface area is 114 Å². The summed E-state index contributed by atoms with van der Waals surface area (Å²) in [5, 5.41) is 10.8. The molecule has 0 bridgehead atoms. The molecule has 0 fully saturated rings. The number of esters is 1. The van der Waals surface area contributed by atoms with Crippen LogP contribution in [0.2, 0.25) is 5.02 Å². The van der Waals surface area contributed by atoms with E-state index in [1.807, 2.05) is 6.92 Å². The van der Waals surface area contributed by atoms with Crippen molar-refractivity contribution in [1.82, 2.24) is 0 Å². The average molecular weight is 290 g/mol. The van der Waals surface area contributed by atoms with Crippen molar-refractivity contribution >= 4 is 35.0 Å². The molecule has 0 spiro atoms. The van der Waals surface area contributed by atoms with E-state index in [4.69, 9.17) is 16.3 Å². The molecule has 1 aromatic carbocycles. The van der Waals surface area contributed by atoms with Crippen LogP contribution in [0.1, 0.15) is 24.2 Å². The summed E-state index contributed by atoms with van der Waals surface area (Å²) in [6.45, 7) is 3.80. The van der Waals surface area contributed by atoms with E-state index in [0.717, 1.165) is 5.75 Å². The molecule has 0 unspecified atom stereocenters. The maximum absolute atomic E-state index is 11.7. The second-order valence-electron chi connectivity index (χ2n) is 3.21. The first kappa shape index (κ1) is 14.8. The highest BCUT2D eigenvalue weighted by molar-refractivity contribution is 7.99. The van der Waals surface area contributed by atoms with E-state index in [1.165, 1.54) is 23.9 Å². The number of nitrogens with zero attached hydrogens (tertiary/aromatic N) is 1. The minimum absolute atomic E-state index is 0.0176. The Bertz CT molecular complexity index is 478. The van der Waals surface area contributed by atoms with Crippen LogP contribution in [0.15, 0.2) is 17.0 Å². The molecule has 0 aliphatic heterocycles. The maximum Gasteiger partial charge on any atom is 0.339 e. The summed E-state index contributed by atoms with van der Waals surface area (Å²) < 4.78 is 4.87. The number of benzene rings is 1. The molecule has 0 atom stereocenters. The van der Waals surface area contributed by atoms with Gasteiger partial charge in [0.05, 0.1) is 17.1 Å². The smallest absolute Gasteiger partial charge is 0.339 e. The van der Waals surface area contributed by atoms with Gasteiger partial charge in [-0.25, -0.2) is 4.79 Å². The van der Waals surface area contributed by atoms with E-state index in [1.54, 1.807) is 6.92 Å². The fraction of sp³-hybridized carbons (Fsp3) is 0.364. The normalized spacial score (nSPS) is 10.2. The molecule has 0 radical (unpaired) electrons. The molecule has 0 aromatic heterocycles. The summed E-state index contributed by atoms with van der Waals surface area (Å²) >= 11 is 7.19. The van der Waals surface area contributed by atoms with Gasteiger partial charge >= 0.3 is 5.97 Å². The number of carbonyl (C=O) groups excluding carboxylic acids is 1. The molecular weight excluding hydrogens is 278 g/mol. The van der Waals surface area contributed by atoms with Crippen molar-refractivity contribution in [3.8, 4) is 0 Å². The molecular formula is C11H12ClNO4S. The number of hydrogen-bond donors (Lipinski definition) is 0. The fourth-order valence-electron chi connectivity index (χ4n) is 1.33. The fourth-order valence-corrected chi connectivity index (χ4v) is 2.43. The van der Waals surface area contributed by atoms with Crippen LogP contribution in [0.4, 0.5) is 5.69 Å². The van der Waals surface area contributed by atoms with Crippen LogP contribution in [-0.4, -0.2) is 23.3 Å². The van der Waals surface area contributed by atoms with Crippen LogP contribution >= 0.6 is 23.4 Å². The predicted octanol–water partition coefficient (Wildman–Crippen LogP) is 3.54. The third-order valence-electron chi connectivity index (χ3n) is 2.04. The lowest BCUT2D eigenvalue weighted by atomic mass is 10.2. The molecule has 1 aromatic rings. The van der Waals surface area contributed by atoms with Crippen molar-refractivity contribution in [1.29, 1.82) is 0 Å². The van der Waals surface area contributed by atoms with E-state index in [9.17, 15) is 14.9 Å². The third-order valence-corrected chi connectivity index (χ3v) is 3.28. The van der Waals surface area contributed by atoms with Crippen molar-refractivity contribution in [3.05, 3.63) is 32.8 Å². The summed E-state index contributed by atoms with van der Waals surface area (Å²) in [7, 11) is 0. The molecule has 0 N–H and O–H groups in total. The zero-order valence-electron chi connectivity index (χ0n) is 9.94. The number of rotatable bonds is 5. The number of nitro groups is 1. The van der Waals surface area contributed by atoms with Crippen molar-refractivity contribution in [2.45, 2.75) is 18.7 Å². The molecule has 0 aliphatic rings. The lowest BCUT2D eigenvalue weighted by molar-refractivity contribution is -0.384. The first-order valence-electron chi connectivity index (χ1n) is 5.29. The van der Waals surface area contributed by atoms with E-state index in [2.05, 4.69) is 0 Å². The number of nitro benzene ring substituents is 1. The van der Waals surface area contributed by atoms with E-state index >= 15 is 0 Å². The van der Waals surface area contributed by atoms with Gasteiger partial charge in [-0.2, -0.15) is 0 Å². The molecule has 7 heteroatoms. The van der Waals surface area contributed by atoms with Gasteiger partial charge in [0.25, 0.3) is 5.69 Å². The Morgan fingerprint density at radius 3 is 2.67 bits per heavy atom. The summed E-state index contributed by atoms with van der Waals surface area (Å²) in [6, 6.07) is 2.60. The highest BCUT2D eigenvalue weighted by atomic mass is 35.5. The predicted molar refractivity (Wildman–Crippen MR) is 70.5 cm³/mol. The summed E-state index contributed by atoms with van der Waals surface area (Å²) in [6.07, 6.45) is 0. The minimum atomic E-state index is -0.620. The number of ether oxygens (including phenoxy) is 1. The van der Waals surface area contributed by atoms with Gasteiger partial charge in [-0.05, 0) is 18.7 Å². The molecule has 0 amide bonds. The van der Waals surface area contributed by atoms with Crippen LogP contribution in [-0.2, 0) is 4.74 Å². The Kier molecular flexibility index (Phi) is 5.43.